The van der Waals surface area contributed by atoms with Crippen LogP contribution < -0.4 is 5.73 Å². The summed E-state index contributed by atoms with van der Waals surface area (Å²) in [6.45, 7) is 4.12. The van der Waals surface area contributed by atoms with Gasteiger partial charge in [-0.3, -0.25) is 4.90 Å². The van der Waals surface area contributed by atoms with Crippen molar-refractivity contribution in [3.63, 3.8) is 0 Å². The van der Waals surface area contributed by atoms with Gasteiger partial charge in [0.05, 0.1) is 0 Å². The standard InChI is InChI=1S/C14H21FN2.ClH/c1-11(17-8-2-3-14(17)10-16)9-12-4-6-13(15)7-5-12;/h4-7,11,14H,2-3,8-10,16H2,1H3;1H. The maximum Gasteiger partial charge on any atom is 0.123 e. The number of rotatable bonds is 4. The molecule has 1 aromatic carbocycles. The summed E-state index contributed by atoms with van der Waals surface area (Å²) in [5.41, 5.74) is 6.98. The monoisotopic (exact) mass is 272 g/mol. The third-order valence-electron chi connectivity index (χ3n) is 3.71. The highest BCUT2D eigenvalue weighted by atomic mass is 35.5. The molecule has 1 aliphatic heterocycles. The molecule has 0 aromatic heterocycles. The van der Waals surface area contributed by atoms with Crippen LogP contribution in [0.5, 0.6) is 0 Å². The van der Waals surface area contributed by atoms with Crippen molar-refractivity contribution < 1.29 is 4.39 Å². The van der Waals surface area contributed by atoms with Crippen LogP contribution in [0, 0.1) is 5.82 Å². The Labute approximate surface area is 115 Å². The molecule has 2 rings (SSSR count). The molecule has 0 aliphatic carbocycles. The number of hydrogen-bond acceptors (Lipinski definition) is 2. The van der Waals surface area contributed by atoms with E-state index in [1.54, 1.807) is 0 Å². The van der Waals surface area contributed by atoms with Crippen LogP contribution in [0.2, 0.25) is 0 Å². The van der Waals surface area contributed by atoms with Gasteiger partial charge in [-0.2, -0.15) is 0 Å². The van der Waals surface area contributed by atoms with E-state index in [0.29, 0.717) is 12.1 Å². The van der Waals surface area contributed by atoms with E-state index in [4.69, 9.17) is 5.73 Å². The van der Waals surface area contributed by atoms with Crippen LogP contribution >= 0.6 is 12.4 Å². The second kappa shape index (κ2) is 7.07. The SMILES string of the molecule is CC(Cc1ccc(F)cc1)N1CCCC1CN.Cl. The average molecular weight is 273 g/mol. The summed E-state index contributed by atoms with van der Waals surface area (Å²) >= 11 is 0. The molecule has 2 N–H and O–H groups in total. The van der Waals surface area contributed by atoms with E-state index < -0.39 is 0 Å². The lowest BCUT2D eigenvalue weighted by Crippen LogP contribution is -2.42. The quantitative estimate of drug-likeness (QED) is 0.913. The summed E-state index contributed by atoms with van der Waals surface area (Å²) < 4.78 is 12.8. The minimum Gasteiger partial charge on any atom is -0.329 e. The molecule has 1 aromatic rings. The maximum absolute atomic E-state index is 12.8. The summed E-state index contributed by atoms with van der Waals surface area (Å²) in [4.78, 5) is 2.49. The molecular formula is C14H22ClFN2. The van der Waals surface area contributed by atoms with Crippen molar-refractivity contribution in [2.45, 2.75) is 38.3 Å². The van der Waals surface area contributed by atoms with E-state index in [1.165, 1.54) is 30.5 Å². The van der Waals surface area contributed by atoms with Gasteiger partial charge in [0.2, 0.25) is 0 Å². The maximum atomic E-state index is 12.8. The lowest BCUT2D eigenvalue weighted by molar-refractivity contribution is 0.194. The van der Waals surface area contributed by atoms with Crippen LogP contribution in [0.1, 0.15) is 25.3 Å². The first-order valence-corrected chi connectivity index (χ1v) is 6.41. The van der Waals surface area contributed by atoms with E-state index in [1.807, 2.05) is 12.1 Å². The minimum atomic E-state index is -0.164. The highest BCUT2D eigenvalue weighted by molar-refractivity contribution is 5.85. The number of nitrogens with zero attached hydrogens (tertiary/aromatic N) is 1. The topological polar surface area (TPSA) is 29.3 Å². The molecule has 1 fully saturated rings. The Hall–Kier alpha value is -0.640. The molecule has 2 unspecified atom stereocenters. The lowest BCUT2D eigenvalue weighted by Gasteiger charge is -2.30. The van der Waals surface area contributed by atoms with Crippen LogP contribution in [-0.2, 0) is 6.42 Å². The molecule has 0 spiro atoms. The zero-order valence-electron chi connectivity index (χ0n) is 10.8. The second-order valence-electron chi connectivity index (χ2n) is 4.95. The number of hydrogen-bond donors (Lipinski definition) is 1. The fourth-order valence-corrected chi connectivity index (χ4v) is 2.77. The van der Waals surface area contributed by atoms with Gasteiger partial charge >= 0.3 is 0 Å². The third-order valence-corrected chi connectivity index (χ3v) is 3.71. The smallest absolute Gasteiger partial charge is 0.123 e. The predicted octanol–water partition coefficient (Wildman–Crippen LogP) is 2.60. The van der Waals surface area contributed by atoms with Crippen LogP contribution in [-0.4, -0.2) is 30.1 Å². The molecule has 1 aliphatic rings. The Morgan fingerprint density at radius 1 is 1.39 bits per heavy atom. The van der Waals surface area contributed by atoms with Gasteiger partial charge < -0.3 is 5.73 Å². The Kier molecular flexibility index (Phi) is 6.06. The van der Waals surface area contributed by atoms with Crippen molar-refractivity contribution in [2.75, 3.05) is 13.1 Å². The highest BCUT2D eigenvalue weighted by Crippen LogP contribution is 2.21. The Bertz CT molecular complexity index is 355. The zero-order valence-corrected chi connectivity index (χ0v) is 11.6. The largest absolute Gasteiger partial charge is 0.329 e. The molecule has 2 nitrogen and oxygen atoms in total. The second-order valence-corrected chi connectivity index (χ2v) is 4.95. The molecule has 1 heterocycles. The van der Waals surface area contributed by atoms with Gasteiger partial charge in [-0.1, -0.05) is 12.1 Å². The third kappa shape index (κ3) is 3.67. The van der Waals surface area contributed by atoms with E-state index in [-0.39, 0.29) is 18.2 Å². The van der Waals surface area contributed by atoms with E-state index in [0.717, 1.165) is 19.5 Å². The fraction of sp³-hybridized carbons (Fsp3) is 0.571. The molecule has 0 radical (unpaired) electrons. The number of halogens is 2. The summed E-state index contributed by atoms with van der Waals surface area (Å²) in [5.74, 6) is -0.164. The van der Waals surface area contributed by atoms with Gasteiger partial charge in [0, 0.05) is 18.6 Å². The Morgan fingerprint density at radius 3 is 2.67 bits per heavy atom. The minimum absolute atomic E-state index is 0. The molecule has 0 bridgehead atoms. The van der Waals surface area contributed by atoms with Gasteiger partial charge in [-0.15, -0.1) is 12.4 Å². The first-order valence-electron chi connectivity index (χ1n) is 6.41. The normalized spacial score (nSPS) is 21.6. The Morgan fingerprint density at radius 2 is 2.06 bits per heavy atom. The van der Waals surface area contributed by atoms with Crippen LogP contribution in [0.25, 0.3) is 0 Å². The first kappa shape index (κ1) is 15.4. The van der Waals surface area contributed by atoms with Crippen molar-refractivity contribution in [1.82, 2.24) is 4.90 Å². The van der Waals surface area contributed by atoms with E-state index >= 15 is 0 Å². The molecule has 4 heteroatoms. The highest BCUT2D eigenvalue weighted by Gasteiger charge is 2.27. The van der Waals surface area contributed by atoms with Gasteiger partial charge in [0.15, 0.2) is 0 Å². The summed E-state index contributed by atoms with van der Waals surface area (Å²) in [6, 6.07) is 7.83. The van der Waals surface area contributed by atoms with Gasteiger partial charge in [0.25, 0.3) is 0 Å². The van der Waals surface area contributed by atoms with E-state index in [2.05, 4.69) is 11.8 Å². The summed E-state index contributed by atoms with van der Waals surface area (Å²) in [6.07, 6.45) is 3.43. The summed E-state index contributed by atoms with van der Waals surface area (Å²) in [7, 11) is 0. The average Bonchev–Trinajstić information content (AvgIpc) is 2.80. The van der Waals surface area contributed by atoms with Crippen LogP contribution in [0.3, 0.4) is 0 Å². The van der Waals surface area contributed by atoms with Crippen LogP contribution in [0.4, 0.5) is 4.39 Å². The fourth-order valence-electron chi connectivity index (χ4n) is 2.77. The molecule has 0 saturated carbocycles. The van der Waals surface area contributed by atoms with E-state index in [9.17, 15) is 4.39 Å². The molecular weight excluding hydrogens is 251 g/mol. The van der Waals surface area contributed by atoms with Gasteiger partial charge in [-0.25, -0.2) is 4.39 Å². The zero-order chi connectivity index (χ0) is 12.3. The Balaban J connectivity index is 0.00000162. The molecule has 18 heavy (non-hydrogen) atoms. The number of likely N-dealkylation sites (tertiary alicyclic amines) is 1. The van der Waals surface area contributed by atoms with Crippen molar-refractivity contribution in [3.05, 3.63) is 35.6 Å². The number of benzene rings is 1. The lowest BCUT2D eigenvalue weighted by atomic mass is 10.1. The first-order chi connectivity index (χ1) is 8.20. The molecule has 1 saturated heterocycles. The molecule has 102 valence electrons. The molecule has 2 atom stereocenters. The van der Waals surface area contributed by atoms with Crippen LogP contribution in [0.15, 0.2) is 24.3 Å². The van der Waals surface area contributed by atoms with Gasteiger partial charge in [-0.05, 0) is 50.4 Å². The number of nitrogens with two attached hydrogens (primary N) is 1. The predicted molar refractivity (Wildman–Crippen MR) is 75.6 cm³/mol. The van der Waals surface area contributed by atoms with Gasteiger partial charge in [0.1, 0.15) is 5.82 Å². The van der Waals surface area contributed by atoms with Crippen molar-refractivity contribution in [1.29, 1.82) is 0 Å². The van der Waals surface area contributed by atoms with Crippen molar-refractivity contribution in [2.24, 2.45) is 5.73 Å². The summed E-state index contributed by atoms with van der Waals surface area (Å²) in [5, 5.41) is 0. The van der Waals surface area contributed by atoms with Crippen molar-refractivity contribution >= 4 is 12.4 Å². The van der Waals surface area contributed by atoms with Crippen molar-refractivity contribution in [3.8, 4) is 0 Å². The molecule has 0 amide bonds.